The van der Waals surface area contributed by atoms with Gasteiger partial charge in [-0.15, -0.1) is 22.9 Å². The first-order valence-electron chi connectivity index (χ1n) is 4.05. The fourth-order valence-corrected chi connectivity index (χ4v) is 2.69. The summed E-state index contributed by atoms with van der Waals surface area (Å²) in [6.45, 7) is 0. The normalized spacial score (nSPS) is 21.2. The van der Waals surface area contributed by atoms with E-state index in [4.69, 9.17) is 11.6 Å². The van der Waals surface area contributed by atoms with E-state index in [1.165, 1.54) is 24.1 Å². The summed E-state index contributed by atoms with van der Waals surface area (Å²) >= 11 is 8.04. The van der Waals surface area contributed by atoms with Gasteiger partial charge in [-0.25, -0.2) is 0 Å². The average molecular weight is 187 g/mol. The molecule has 1 aliphatic rings. The lowest BCUT2D eigenvalue weighted by Crippen LogP contribution is -2.15. The van der Waals surface area contributed by atoms with Gasteiger partial charge in [-0.2, -0.15) is 0 Å². The Morgan fingerprint density at radius 1 is 1.55 bits per heavy atom. The van der Waals surface area contributed by atoms with Gasteiger partial charge in [0.05, 0.1) is 5.38 Å². The Morgan fingerprint density at radius 2 is 2.36 bits per heavy atom. The summed E-state index contributed by atoms with van der Waals surface area (Å²) in [5.74, 6) is 0.760. The van der Waals surface area contributed by atoms with Crippen LogP contribution in [0.1, 0.15) is 29.5 Å². The molecule has 0 N–H and O–H groups in total. The van der Waals surface area contributed by atoms with Crippen LogP contribution in [0.3, 0.4) is 0 Å². The van der Waals surface area contributed by atoms with Gasteiger partial charge >= 0.3 is 0 Å². The highest BCUT2D eigenvalue weighted by Gasteiger charge is 2.27. The first kappa shape index (κ1) is 7.63. The average Bonchev–Trinajstić information content (AvgIpc) is 2.32. The molecule has 2 heteroatoms. The van der Waals surface area contributed by atoms with E-state index < -0.39 is 0 Å². The molecule has 1 heterocycles. The van der Waals surface area contributed by atoms with Crippen LogP contribution in [0.15, 0.2) is 17.5 Å². The lowest BCUT2D eigenvalue weighted by Gasteiger charge is -2.29. The van der Waals surface area contributed by atoms with Gasteiger partial charge in [0, 0.05) is 4.88 Å². The number of rotatable bonds is 2. The lowest BCUT2D eigenvalue weighted by atomic mass is 9.82. The molecule has 0 nitrogen and oxygen atoms in total. The largest absolute Gasteiger partial charge is 0.147 e. The van der Waals surface area contributed by atoms with Crippen molar-refractivity contribution < 1.29 is 0 Å². The van der Waals surface area contributed by atoms with Crippen molar-refractivity contribution in [3.05, 3.63) is 22.4 Å². The summed E-state index contributed by atoms with van der Waals surface area (Å²) in [6, 6.07) is 4.22. The smallest absolute Gasteiger partial charge is 0.0706 e. The highest BCUT2D eigenvalue weighted by Crippen LogP contribution is 2.42. The van der Waals surface area contributed by atoms with Crippen LogP contribution < -0.4 is 0 Å². The number of hydrogen-bond donors (Lipinski definition) is 0. The molecule has 0 aliphatic heterocycles. The molecule has 1 atom stereocenters. The zero-order valence-corrected chi connectivity index (χ0v) is 7.87. The van der Waals surface area contributed by atoms with Crippen molar-refractivity contribution in [2.45, 2.75) is 24.6 Å². The van der Waals surface area contributed by atoms with Crippen LogP contribution in [0.25, 0.3) is 0 Å². The topological polar surface area (TPSA) is 0 Å². The lowest BCUT2D eigenvalue weighted by molar-refractivity contribution is 0.307. The second-order valence-electron chi connectivity index (χ2n) is 3.11. The Kier molecular flexibility index (Phi) is 2.19. The minimum atomic E-state index is 0.295. The molecular weight excluding hydrogens is 176 g/mol. The summed E-state index contributed by atoms with van der Waals surface area (Å²) in [4.78, 5) is 1.34. The van der Waals surface area contributed by atoms with Crippen molar-refractivity contribution in [3.8, 4) is 0 Å². The van der Waals surface area contributed by atoms with Gasteiger partial charge in [0.15, 0.2) is 0 Å². The summed E-state index contributed by atoms with van der Waals surface area (Å²) < 4.78 is 0. The molecule has 1 fully saturated rings. The van der Waals surface area contributed by atoms with E-state index in [1.807, 2.05) is 0 Å². The van der Waals surface area contributed by atoms with E-state index in [-0.39, 0.29) is 0 Å². The van der Waals surface area contributed by atoms with Crippen molar-refractivity contribution in [1.29, 1.82) is 0 Å². The van der Waals surface area contributed by atoms with E-state index >= 15 is 0 Å². The van der Waals surface area contributed by atoms with Gasteiger partial charge < -0.3 is 0 Å². The van der Waals surface area contributed by atoms with E-state index in [1.54, 1.807) is 11.3 Å². The number of thiophene rings is 1. The third-order valence-corrected chi connectivity index (χ3v) is 4.05. The van der Waals surface area contributed by atoms with Gasteiger partial charge in [-0.05, 0) is 30.2 Å². The SMILES string of the molecule is ClC(c1cccs1)C1CCC1. The van der Waals surface area contributed by atoms with Crippen LogP contribution in [0.5, 0.6) is 0 Å². The molecule has 1 saturated carbocycles. The predicted molar refractivity (Wildman–Crippen MR) is 50.3 cm³/mol. The fraction of sp³-hybridized carbons (Fsp3) is 0.556. The molecule has 0 amide bonds. The standard InChI is InChI=1S/C9H11ClS/c10-9(7-3-1-4-7)8-5-2-6-11-8/h2,5-7,9H,1,3-4H2. The number of alkyl halides is 1. The molecule has 1 unspecified atom stereocenters. The van der Waals surface area contributed by atoms with Crippen LogP contribution in [0.2, 0.25) is 0 Å². The van der Waals surface area contributed by atoms with Crippen molar-refractivity contribution in [2.24, 2.45) is 5.92 Å². The first-order valence-corrected chi connectivity index (χ1v) is 5.37. The molecule has 0 radical (unpaired) electrons. The van der Waals surface area contributed by atoms with Gasteiger partial charge in [-0.1, -0.05) is 12.5 Å². The molecule has 0 saturated heterocycles. The minimum absolute atomic E-state index is 0.295. The highest BCUT2D eigenvalue weighted by atomic mass is 35.5. The van der Waals surface area contributed by atoms with Crippen LogP contribution in [0.4, 0.5) is 0 Å². The fourth-order valence-electron chi connectivity index (χ4n) is 1.41. The maximum Gasteiger partial charge on any atom is 0.0706 e. The third-order valence-electron chi connectivity index (χ3n) is 2.38. The minimum Gasteiger partial charge on any atom is -0.147 e. The Balaban J connectivity index is 2.04. The van der Waals surface area contributed by atoms with Crippen molar-refractivity contribution in [2.75, 3.05) is 0 Å². The maximum absolute atomic E-state index is 6.26. The van der Waals surface area contributed by atoms with Crippen LogP contribution in [0, 0.1) is 5.92 Å². The molecule has 1 aromatic heterocycles. The van der Waals surface area contributed by atoms with Gasteiger partial charge in [0.1, 0.15) is 0 Å². The molecule has 1 aliphatic carbocycles. The highest BCUT2D eigenvalue weighted by molar-refractivity contribution is 7.10. The number of halogens is 1. The van der Waals surface area contributed by atoms with Crippen LogP contribution >= 0.6 is 22.9 Å². The summed E-state index contributed by atoms with van der Waals surface area (Å²) in [5, 5.41) is 2.40. The molecule has 1 aromatic rings. The van der Waals surface area contributed by atoms with E-state index in [9.17, 15) is 0 Å². The molecule has 60 valence electrons. The van der Waals surface area contributed by atoms with Crippen molar-refractivity contribution in [1.82, 2.24) is 0 Å². The summed E-state index contributed by atoms with van der Waals surface area (Å²) in [6.07, 6.45) is 4.03. The molecule has 11 heavy (non-hydrogen) atoms. The van der Waals surface area contributed by atoms with E-state index in [2.05, 4.69) is 17.5 Å². The quantitative estimate of drug-likeness (QED) is 0.616. The first-order chi connectivity index (χ1) is 5.38. The molecule has 0 aromatic carbocycles. The molecule has 0 spiro atoms. The van der Waals surface area contributed by atoms with Gasteiger partial charge in [0.2, 0.25) is 0 Å². The second kappa shape index (κ2) is 3.16. The Labute approximate surface area is 76.2 Å². The van der Waals surface area contributed by atoms with Crippen LogP contribution in [-0.4, -0.2) is 0 Å². The molecule has 0 bridgehead atoms. The van der Waals surface area contributed by atoms with Gasteiger partial charge in [0.25, 0.3) is 0 Å². The summed E-state index contributed by atoms with van der Waals surface area (Å²) in [5.41, 5.74) is 0. The Bertz CT molecular complexity index is 213. The van der Waals surface area contributed by atoms with E-state index in [0.717, 1.165) is 5.92 Å². The van der Waals surface area contributed by atoms with Gasteiger partial charge in [-0.3, -0.25) is 0 Å². The second-order valence-corrected chi connectivity index (χ2v) is 4.56. The zero-order chi connectivity index (χ0) is 7.68. The van der Waals surface area contributed by atoms with Crippen molar-refractivity contribution in [3.63, 3.8) is 0 Å². The zero-order valence-electron chi connectivity index (χ0n) is 6.29. The monoisotopic (exact) mass is 186 g/mol. The molecular formula is C9H11ClS. The predicted octanol–water partition coefficient (Wildman–Crippen LogP) is 3.83. The Morgan fingerprint density at radius 3 is 2.82 bits per heavy atom. The number of hydrogen-bond acceptors (Lipinski definition) is 1. The Hall–Kier alpha value is -0.0100. The third kappa shape index (κ3) is 1.45. The van der Waals surface area contributed by atoms with E-state index in [0.29, 0.717) is 5.38 Å². The maximum atomic E-state index is 6.26. The van der Waals surface area contributed by atoms with Crippen LogP contribution in [-0.2, 0) is 0 Å². The molecule has 2 rings (SSSR count). The van der Waals surface area contributed by atoms with Crippen molar-refractivity contribution >= 4 is 22.9 Å². The summed E-state index contributed by atoms with van der Waals surface area (Å²) in [7, 11) is 0.